The van der Waals surface area contributed by atoms with Gasteiger partial charge < -0.3 is 0 Å². The summed E-state index contributed by atoms with van der Waals surface area (Å²) in [6, 6.07) is 14.3. The molecule has 0 spiro atoms. The zero-order valence-corrected chi connectivity index (χ0v) is 9.57. The monoisotopic (exact) mass is 238 g/mol. The Morgan fingerprint density at radius 1 is 0.765 bits per heavy atom. The van der Waals surface area contributed by atoms with Crippen molar-refractivity contribution in [3.05, 3.63) is 47.7 Å². The second-order valence-electron chi connectivity index (χ2n) is 4.09. The summed E-state index contributed by atoms with van der Waals surface area (Å²) in [7, 11) is 0. The van der Waals surface area contributed by atoms with E-state index in [0.717, 1.165) is 22.2 Å². The fourth-order valence-electron chi connectivity index (χ4n) is 2.50. The van der Waals surface area contributed by atoms with Crippen LogP contribution in [0.25, 0.3) is 33.3 Å². The Bertz CT molecular complexity index is 765. The largest absolute Gasteiger partial charge is 0.223 e. The molecular weight excluding hydrogens is 232 g/mol. The zero-order valence-electron chi connectivity index (χ0n) is 8.81. The lowest BCUT2D eigenvalue weighted by Gasteiger charge is -2.00. The summed E-state index contributed by atoms with van der Waals surface area (Å²) in [6.07, 6.45) is 0. The lowest BCUT2D eigenvalue weighted by molar-refractivity contribution is 1.23. The van der Waals surface area contributed by atoms with E-state index in [-0.39, 0.29) is 0 Å². The van der Waals surface area contributed by atoms with Crippen LogP contribution < -0.4 is 0 Å². The van der Waals surface area contributed by atoms with E-state index in [1.165, 1.54) is 11.1 Å². The molecule has 2 aromatic carbocycles. The predicted octanol–water partition coefficient (Wildman–Crippen LogP) is 3.93. The van der Waals surface area contributed by atoms with Crippen LogP contribution in [0.3, 0.4) is 0 Å². The average Bonchev–Trinajstić information content (AvgIpc) is 2.67. The third-order valence-corrected chi connectivity index (χ3v) is 3.34. The Morgan fingerprint density at radius 3 is 2.41 bits per heavy atom. The lowest BCUT2D eigenvalue weighted by Crippen LogP contribution is -1.87. The summed E-state index contributed by atoms with van der Waals surface area (Å²) in [6.45, 7) is 0. The van der Waals surface area contributed by atoms with Gasteiger partial charge in [0.25, 0.3) is 0 Å². The van der Waals surface area contributed by atoms with Gasteiger partial charge in [0.05, 0.1) is 11.2 Å². The summed E-state index contributed by atoms with van der Waals surface area (Å²) >= 11 is 5.97. The number of benzene rings is 2. The molecule has 0 unspecified atom stereocenters. The van der Waals surface area contributed by atoms with Gasteiger partial charge in [-0.3, -0.25) is 0 Å². The Labute approximate surface area is 103 Å². The standard InChI is InChI=1S/C14H7ClN2/c15-14-16-11-7-3-6-9-8-4-1-2-5-10(8)13(17-14)12(9)11/h1-7H. The quantitative estimate of drug-likeness (QED) is 0.434. The molecule has 2 nitrogen and oxygen atoms in total. The molecule has 1 aromatic heterocycles. The summed E-state index contributed by atoms with van der Waals surface area (Å²) < 4.78 is 0. The molecule has 0 saturated carbocycles. The summed E-state index contributed by atoms with van der Waals surface area (Å²) in [5, 5.41) is 1.42. The average molecular weight is 239 g/mol. The van der Waals surface area contributed by atoms with Gasteiger partial charge in [-0.15, -0.1) is 0 Å². The number of nitrogens with zero attached hydrogens (tertiary/aromatic N) is 2. The lowest BCUT2D eigenvalue weighted by atomic mass is 10.1. The molecule has 0 amide bonds. The van der Waals surface area contributed by atoms with Crippen molar-refractivity contribution in [2.24, 2.45) is 0 Å². The van der Waals surface area contributed by atoms with E-state index in [9.17, 15) is 0 Å². The second kappa shape index (κ2) is 3.05. The first-order chi connectivity index (χ1) is 8.34. The van der Waals surface area contributed by atoms with E-state index in [0.29, 0.717) is 5.28 Å². The van der Waals surface area contributed by atoms with Gasteiger partial charge in [-0.1, -0.05) is 36.4 Å². The molecule has 0 N–H and O–H groups in total. The highest BCUT2D eigenvalue weighted by Gasteiger charge is 2.22. The molecular formula is C14H7ClN2. The number of rotatable bonds is 0. The molecule has 1 heterocycles. The first-order valence-corrected chi connectivity index (χ1v) is 5.78. The normalized spacial score (nSPS) is 11.8. The molecule has 3 heteroatoms. The molecule has 0 radical (unpaired) electrons. The van der Waals surface area contributed by atoms with E-state index in [2.05, 4.69) is 28.2 Å². The summed E-state index contributed by atoms with van der Waals surface area (Å²) in [5.74, 6) is 0. The third kappa shape index (κ3) is 1.10. The summed E-state index contributed by atoms with van der Waals surface area (Å²) in [5.41, 5.74) is 5.41. The van der Waals surface area contributed by atoms with E-state index >= 15 is 0 Å². The minimum atomic E-state index is 0.307. The predicted molar refractivity (Wildman–Crippen MR) is 69.0 cm³/mol. The molecule has 0 atom stereocenters. The zero-order chi connectivity index (χ0) is 11.4. The highest BCUT2D eigenvalue weighted by molar-refractivity contribution is 6.29. The number of hydrogen-bond acceptors (Lipinski definition) is 2. The van der Waals surface area contributed by atoms with Crippen molar-refractivity contribution >= 4 is 22.5 Å². The van der Waals surface area contributed by atoms with Crippen LogP contribution in [-0.2, 0) is 0 Å². The van der Waals surface area contributed by atoms with Gasteiger partial charge >= 0.3 is 0 Å². The molecule has 0 bridgehead atoms. The van der Waals surface area contributed by atoms with Crippen LogP contribution in [0.1, 0.15) is 0 Å². The molecule has 4 rings (SSSR count). The van der Waals surface area contributed by atoms with Crippen molar-refractivity contribution in [3.8, 4) is 22.4 Å². The molecule has 0 saturated heterocycles. The molecule has 80 valence electrons. The SMILES string of the molecule is Clc1nc2c3c(cccc3n1)-c1ccccc1-2. The van der Waals surface area contributed by atoms with E-state index in [4.69, 9.17) is 11.6 Å². The van der Waals surface area contributed by atoms with Crippen molar-refractivity contribution in [3.63, 3.8) is 0 Å². The fourth-order valence-corrected chi connectivity index (χ4v) is 2.67. The maximum Gasteiger partial charge on any atom is 0.223 e. The third-order valence-electron chi connectivity index (χ3n) is 3.17. The molecule has 1 aliphatic rings. The van der Waals surface area contributed by atoms with Crippen molar-refractivity contribution in [1.82, 2.24) is 9.97 Å². The minimum Gasteiger partial charge on any atom is -0.218 e. The van der Waals surface area contributed by atoms with Crippen molar-refractivity contribution in [2.45, 2.75) is 0 Å². The highest BCUT2D eigenvalue weighted by atomic mass is 35.5. The van der Waals surface area contributed by atoms with E-state index in [1.54, 1.807) is 0 Å². The van der Waals surface area contributed by atoms with Gasteiger partial charge in [-0.25, -0.2) is 9.97 Å². The van der Waals surface area contributed by atoms with Crippen LogP contribution in [0.15, 0.2) is 42.5 Å². The topological polar surface area (TPSA) is 25.8 Å². The van der Waals surface area contributed by atoms with Crippen LogP contribution in [0, 0.1) is 0 Å². The van der Waals surface area contributed by atoms with E-state index in [1.807, 2.05) is 24.3 Å². The Balaban J connectivity index is 2.30. The van der Waals surface area contributed by atoms with Gasteiger partial charge in [0.1, 0.15) is 0 Å². The van der Waals surface area contributed by atoms with Crippen LogP contribution in [0.2, 0.25) is 5.28 Å². The molecule has 17 heavy (non-hydrogen) atoms. The van der Waals surface area contributed by atoms with Gasteiger partial charge in [-0.2, -0.15) is 0 Å². The molecule has 0 aliphatic heterocycles. The Hall–Kier alpha value is -1.93. The molecule has 0 fully saturated rings. The Morgan fingerprint density at radius 2 is 1.53 bits per heavy atom. The van der Waals surface area contributed by atoms with Gasteiger partial charge in [-0.05, 0) is 28.8 Å². The smallest absolute Gasteiger partial charge is 0.218 e. The van der Waals surface area contributed by atoms with Crippen molar-refractivity contribution in [1.29, 1.82) is 0 Å². The number of fused-ring (bicyclic) bond motifs is 3. The van der Waals surface area contributed by atoms with Crippen molar-refractivity contribution < 1.29 is 0 Å². The van der Waals surface area contributed by atoms with Crippen molar-refractivity contribution in [2.75, 3.05) is 0 Å². The summed E-state index contributed by atoms with van der Waals surface area (Å²) in [4.78, 5) is 8.64. The van der Waals surface area contributed by atoms with Gasteiger partial charge in [0.2, 0.25) is 5.28 Å². The number of aromatic nitrogens is 2. The number of hydrogen-bond donors (Lipinski definition) is 0. The van der Waals surface area contributed by atoms with Gasteiger partial charge in [0.15, 0.2) is 0 Å². The first-order valence-electron chi connectivity index (χ1n) is 5.40. The van der Waals surface area contributed by atoms with Crippen LogP contribution >= 0.6 is 11.6 Å². The number of halogens is 1. The highest BCUT2D eigenvalue weighted by Crippen LogP contribution is 2.45. The van der Waals surface area contributed by atoms with E-state index < -0.39 is 0 Å². The second-order valence-corrected chi connectivity index (χ2v) is 4.42. The maximum atomic E-state index is 5.97. The minimum absolute atomic E-state index is 0.307. The molecule has 1 aliphatic carbocycles. The molecule has 3 aromatic rings. The van der Waals surface area contributed by atoms with Crippen LogP contribution in [0.5, 0.6) is 0 Å². The van der Waals surface area contributed by atoms with Crippen LogP contribution in [0.4, 0.5) is 0 Å². The maximum absolute atomic E-state index is 5.97. The Kier molecular flexibility index (Phi) is 1.64. The fraction of sp³-hybridized carbons (Fsp3) is 0. The van der Waals surface area contributed by atoms with Crippen LogP contribution in [-0.4, -0.2) is 9.97 Å². The first kappa shape index (κ1) is 9.14. The van der Waals surface area contributed by atoms with Gasteiger partial charge in [0, 0.05) is 10.9 Å².